The lowest BCUT2D eigenvalue weighted by Gasteiger charge is -2.30. The first-order valence-corrected chi connectivity index (χ1v) is 21.0. The van der Waals surface area contributed by atoms with Crippen LogP contribution in [-0.4, -0.2) is 121 Å². The van der Waals surface area contributed by atoms with E-state index in [1.165, 1.54) is 41.7 Å². The topological polar surface area (TPSA) is 391 Å². The Kier molecular flexibility index (Phi) is 18.5. The zero-order valence-electron chi connectivity index (χ0n) is 34.3. The number of nitrogens with one attached hydrogen (secondary N) is 6. The molecule has 0 unspecified atom stereocenters. The van der Waals surface area contributed by atoms with E-state index in [9.17, 15) is 47.7 Å². The summed E-state index contributed by atoms with van der Waals surface area (Å²) in [6, 6.07) is -2.91. The van der Waals surface area contributed by atoms with Crippen LogP contribution in [0.25, 0.3) is 0 Å². The summed E-state index contributed by atoms with van der Waals surface area (Å²) in [4.78, 5) is 143. The average molecular weight is 892 g/mol. The van der Waals surface area contributed by atoms with E-state index >= 15 is 0 Å². The van der Waals surface area contributed by atoms with Gasteiger partial charge in [-0.3, -0.25) is 52.9 Å². The van der Waals surface area contributed by atoms with Crippen molar-refractivity contribution in [1.29, 1.82) is 0 Å². The Morgan fingerprint density at radius 1 is 0.839 bits per heavy atom. The van der Waals surface area contributed by atoms with E-state index in [-0.39, 0.29) is 50.3 Å². The van der Waals surface area contributed by atoms with Gasteiger partial charge in [0.25, 0.3) is 0 Å². The molecule has 3 rings (SSSR count). The number of nitrogens with two attached hydrogens (primary N) is 3. The van der Waals surface area contributed by atoms with Gasteiger partial charge in [0.15, 0.2) is 0 Å². The quantitative estimate of drug-likeness (QED) is 0.0462. The zero-order chi connectivity index (χ0) is 46.3. The number of primary amides is 3. The summed E-state index contributed by atoms with van der Waals surface area (Å²) >= 11 is 0. The number of carbonyl (C=O) groups is 9. The van der Waals surface area contributed by atoms with Crippen LogP contribution in [0.15, 0.2) is 36.8 Å². The van der Waals surface area contributed by atoms with E-state index in [1.807, 2.05) is 13.8 Å². The maximum Gasteiger partial charge on any atom is 0.524 e. The number of aromatic nitrogens is 2. The van der Waals surface area contributed by atoms with Gasteiger partial charge in [-0.2, -0.15) is 0 Å². The molecule has 0 radical (unpaired) electrons. The molecule has 2 aromatic rings. The lowest BCUT2D eigenvalue weighted by molar-refractivity contribution is -0.143. The molecule has 1 aromatic heterocycles. The second-order valence-electron chi connectivity index (χ2n) is 15.1. The summed E-state index contributed by atoms with van der Waals surface area (Å²) in [5.74, 6) is -7.88. The highest BCUT2D eigenvalue weighted by molar-refractivity contribution is 7.46. The molecule has 6 atom stereocenters. The Labute approximate surface area is 355 Å². The molecular weight excluding hydrogens is 837 g/mol. The molecule has 24 nitrogen and oxygen atoms in total. The lowest BCUT2D eigenvalue weighted by atomic mass is 10.0. The summed E-state index contributed by atoms with van der Waals surface area (Å²) in [7, 11) is -4.85. The Morgan fingerprint density at radius 3 is 1.97 bits per heavy atom. The number of phosphoric ester groups is 1. The molecule has 2 heterocycles. The van der Waals surface area contributed by atoms with Gasteiger partial charge < -0.3 is 58.2 Å². The number of H-pyrrole nitrogens is 1. The first kappa shape index (κ1) is 50.0. The van der Waals surface area contributed by atoms with Gasteiger partial charge in [0, 0.05) is 44.6 Å². The van der Waals surface area contributed by atoms with Crippen molar-refractivity contribution in [1.82, 2.24) is 41.5 Å². The van der Waals surface area contributed by atoms with Crippen molar-refractivity contribution >= 4 is 61.0 Å². The van der Waals surface area contributed by atoms with E-state index in [0.29, 0.717) is 17.7 Å². The molecule has 1 aromatic carbocycles. The number of phosphoric acid groups is 1. The van der Waals surface area contributed by atoms with Crippen LogP contribution in [-0.2, 0) is 60.6 Å². The highest BCUT2D eigenvalue weighted by Crippen LogP contribution is 2.37. The fourth-order valence-corrected chi connectivity index (χ4v) is 7.00. The minimum absolute atomic E-state index is 0.00719. The van der Waals surface area contributed by atoms with Crippen LogP contribution in [0.1, 0.15) is 70.6 Å². The standard InChI is InChI=1S/C37H54N11O13P/c1-19(2)13-25(32(40)52)45-36(56)29-5-4-12-48(29)37(57)24(10-11-30(38)50)44-35(55)28(16-31(39)51)47-34(54)27(15-22-17-41-18-42-22)46-33(53)26(43-20(3)49)14-21-6-8-23(9-7-21)61-62(58,59)60/h6-9,17-19,24-29H,4-5,10-16H2,1-3H3,(H2,38,50)(H2,39,51)(H2,40,52)(H,41,42)(H,43,49)(H,44,55)(H,45,56)(H,46,53)(H,47,54)(H2,58,59,60)/t24-,25-,26-,27-,28-,29-/m0/s1. The molecule has 1 aliphatic heterocycles. The second-order valence-corrected chi connectivity index (χ2v) is 16.3. The van der Waals surface area contributed by atoms with Gasteiger partial charge in [0.05, 0.1) is 12.7 Å². The van der Waals surface area contributed by atoms with Crippen LogP contribution in [0.4, 0.5) is 0 Å². The van der Waals surface area contributed by atoms with Crippen LogP contribution in [0.3, 0.4) is 0 Å². The van der Waals surface area contributed by atoms with Crippen molar-refractivity contribution in [2.45, 2.75) is 108 Å². The van der Waals surface area contributed by atoms with E-state index in [2.05, 4.69) is 41.1 Å². The van der Waals surface area contributed by atoms with Crippen LogP contribution in [0, 0.1) is 5.92 Å². The largest absolute Gasteiger partial charge is 0.524 e. The highest BCUT2D eigenvalue weighted by Gasteiger charge is 2.40. The average Bonchev–Trinajstić information content (AvgIpc) is 3.87. The first-order valence-electron chi connectivity index (χ1n) is 19.5. The van der Waals surface area contributed by atoms with E-state index in [0.717, 1.165) is 6.92 Å². The third kappa shape index (κ3) is 16.6. The van der Waals surface area contributed by atoms with Gasteiger partial charge in [-0.05, 0) is 49.3 Å². The minimum Gasteiger partial charge on any atom is -0.404 e. The van der Waals surface area contributed by atoms with Gasteiger partial charge in [0.2, 0.25) is 53.2 Å². The summed E-state index contributed by atoms with van der Waals surface area (Å²) in [5.41, 5.74) is 17.1. The number of imidazole rings is 1. The number of nitrogens with zero attached hydrogens (tertiary/aromatic N) is 2. The van der Waals surface area contributed by atoms with Crippen LogP contribution in [0.2, 0.25) is 0 Å². The number of hydrogen-bond acceptors (Lipinski definition) is 12. The Bertz CT molecular complexity index is 1990. The van der Waals surface area contributed by atoms with Crippen molar-refractivity contribution in [3.8, 4) is 5.75 Å². The molecular formula is C37H54N11O13P. The van der Waals surface area contributed by atoms with Gasteiger partial charge in [-0.15, -0.1) is 0 Å². The Balaban J connectivity index is 1.86. The number of likely N-dealkylation sites (tertiary alicyclic amines) is 1. The summed E-state index contributed by atoms with van der Waals surface area (Å²) in [6.45, 7) is 4.87. The monoisotopic (exact) mass is 891 g/mol. The summed E-state index contributed by atoms with van der Waals surface area (Å²) in [5, 5.41) is 12.4. The van der Waals surface area contributed by atoms with Crippen molar-refractivity contribution in [2.24, 2.45) is 23.1 Å². The minimum atomic E-state index is -4.85. The molecule has 62 heavy (non-hydrogen) atoms. The fourth-order valence-electron chi connectivity index (χ4n) is 6.60. The molecule has 1 fully saturated rings. The normalized spacial score (nSPS) is 16.2. The smallest absolute Gasteiger partial charge is 0.404 e. The van der Waals surface area contributed by atoms with Crippen molar-refractivity contribution in [3.05, 3.63) is 48.0 Å². The molecule has 340 valence electrons. The molecule has 25 heteroatoms. The number of rotatable bonds is 24. The zero-order valence-corrected chi connectivity index (χ0v) is 35.2. The van der Waals surface area contributed by atoms with Crippen molar-refractivity contribution in [2.75, 3.05) is 6.54 Å². The molecule has 14 N–H and O–H groups in total. The maximum atomic E-state index is 14.0. The lowest BCUT2D eigenvalue weighted by Crippen LogP contribution is -2.60. The van der Waals surface area contributed by atoms with Gasteiger partial charge in [0.1, 0.15) is 42.0 Å². The third-order valence-corrected chi connectivity index (χ3v) is 9.88. The molecule has 1 aliphatic rings. The Morgan fingerprint density at radius 2 is 1.44 bits per heavy atom. The molecule has 0 saturated carbocycles. The van der Waals surface area contributed by atoms with Gasteiger partial charge in [-0.25, -0.2) is 9.55 Å². The number of amides is 9. The summed E-state index contributed by atoms with van der Waals surface area (Å²) < 4.78 is 15.7. The molecule has 0 bridgehead atoms. The van der Waals surface area contributed by atoms with E-state index < -0.39 is 110 Å². The Hall–Kier alpha value is -6.39. The van der Waals surface area contributed by atoms with Crippen molar-refractivity contribution in [3.63, 3.8) is 0 Å². The van der Waals surface area contributed by atoms with E-state index in [1.54, 1.807) is 0 Å². The predicted octanol–water partition coefficient (Wildman–Crippen LogP) is -3.23. The summed E-state index contributed by atoms with van der Waals surface area (Å²) in [6.07, 6.45) is 1.51. The predicted molar refractivity (Wildman–Crippen MR) is 216 cm³/mol. The molecule has 0 spiro atoms. The molecule has 0 aliphatic carbocycles. The number of carbonyl (C=O) groups excluding carboxylic acids is 9. The van der Waals surface area contributed by atoms with Gasteiger partial charge >= 0.3 is 7.82 Å². The maximum absolute atomic E-state index is 14.0. The SMILES string of the molecule is CC(=O)N[C@@H](Cc1ccc(OP(=O)(O)O)cc1)C(=O)N[C@@H](Cc1cnc[nH]1)C(=O)N[C@@H](CC(N)=O)C(=O)N[C@@H](CCC(N)=O)C(=O)N1CCC[C@H]1C(=O)N[C@@H](CC(C)C)C(N)=O. The van der Waals surface area contributed by atoms with E-state index in [4.69, 9.17) is 27.0 Å². The highest BCUT2D eigenvalue weighted by atomic mass is 31.2. The number of hydrogen-bond donors (Lipinski definition) is 11. The second kappa shape index (κ2) is 23.0. The third-order valence-electron chi connectivity index (χ3n) is 9.43. The van der Waals surface area contributed by atoms with Crippen LogP contribution in [0.5, 0.6) is 5.75 Å². The molecule has 9 amide bonds. The first-order chi connectivity index (χ1) is 29.0. The number of aromatic amines is 1. The van der Waals surface area contributed by atoms with Crippen molar-refractivity contribution < 1.29 is 62.0 Å². The van der Waals surface area contributed by atoms with Gasteiger partial charge in [-0.1, -0.05) is 26.0 Å². The fraction of sp³-hybridized carbons (Fsp3) is 0.514. The van der Waals surface area contributed by atoms with Crippen LogP contribution < -0.4 is 48.3 Å². The molecule has 1 saturated heterocycles. The number of benzene rings is 1. The van der Waals surface area contributed by atoms with Crippen LogP contribution >= 0.6 is 7.82 Å².